The highest BCUT2D eigenvalue weighted by Crippen LogP contribution is 2.49. The minimum Gasteiger partial charge on any atom is -0.171 e. The lowest BCUT2D eigenvalue weighted by molar-refractivity contribution is -0.240. The Kier molecular flexibility index (Phi) is 4.96. The van der Waals surface area contributed by atoms with Crippen molar-refractivity contribution in [1.29, 1.82) is 0 Å². The van der Waals surface area contributed by atoms with E-state index in [1.54, 1.807) is 0 Å². The van der Waals surface area contributed by atoms with Crippen LogP contribution in [-0.4, -0.2) is 6.18 Å². The highest BCUT2D eigenvalue weighted by atomic mass is 19.4. The number of hydrogen-bond acceptors (Lipinski definition) is 0. The zero-order valence-corrected chi connectivity index (χ0v) is 9.54. The molecule has 0 aliphatic rings. The SMILES string of the molecule is CCCC(C)(C(CC)CC)C(F)(F)F. The van der Waals surface area contributed by atoms with Gasteiger partial charge < -0.3 is 0 Å². The molecule has 3 heteroatoms. The molecular weight excluding hydrogens is 189 g/mol. The van der Waals surface area contributed by atoms with E-state index in [-0.39, 0.29) is 12.3 Å². The Morgan fingerprint density at radius 2 is 1.43 bits per heavy atom. The van der Waals surface area contributed by atoms with Crippen molar-refractivity contribution >= 4 is 0 Å². The molecule has 0 bridgehead atoms. The highest BCUT2D eigenvalue weighted by molar-refractivity contribution is 4.87. The van der Waals surface area contributed by atoms with Crippen LogP contribution in [0.1, 0.15) is 53.4 Å². The molecule has 0 nitrogen and oxygen atoms in total. The monoisotopic (exact) mass is 210 g/mol. The second kappa shape index (κ2) is 5.04. The molecule has 0 aromatic heterocycles. The van der Waals surface area contributed by atoms with Gasteiger partial charge in [-0.05, 0) is 12.3 Å². The smallest absolute Gasteiger partial charge is 0.171 e. The molecule has 0 aliphatic carbocycles. The third-order valence-electron chi connectivity index (χ3n) is 3.30. The van der Waals surface area contributed by atoms with E-state index in [2.05, 4.69) is 0 Å². The van der Waals surface area contributed by atoms with Crippen LogP contribution < -0.4 is 0 Å². The van der Waals surface area contributed by atoms with Crippen LogP contribution in [0.25, 0.3) is 0 Å². The van der Waals surface area contributed by atoms with Crippen LogP contribution in [0.2, 0.25) is 0 Å². The van der Waals surface area contributed by atoms with Gasteiger partial charge in [0.2, 0.25) is 0 Å². The van der Waals surface area contributed by atoms with E-state index in [0.29, 0.717) is 19.3 Å². The van der Waals surface area contributed by atoms with Gasteiger partial charge in [0.15, 0.2) is 0 Å². The van der Waals surface area contributed by atoms with Gasteiger partial charge in [-0.25, -0.2) is 0 Å². The standard InChI is InChI=1S/C11H21F3/c1-5-8-10(4,11(12,13)14)9(6-2)7-3/h9H,5-8H2,1-4H3. The molecule has 0 heterocycles. The maximum absolute atomic E-state index is 12.9. The molecule has 0 amide bonds. The third kappa shape index (κ3) is 2.64. The molecule has 0 aromatic rings. The molecule has 0 saturated heterocycles. The van der Waals surface area contributed by atoms with Gasteiger partial charge in [0, 0.05) is 0 Å². The van der Waals surface area contributed by atoms with Crippen LogP contribution in [0.4, 0.5) is 13.2 Å². The van der Waals surface area contributed by atoms with Crippen LogP contribution in [-0.2, 0) is 0 Å². The normalized spacial score (nSPS) is 17.1. The molecule has 0 spiro atoms. The first-order valence-corrected chi connectivity index (χ1v) is 5.40. The van der Waals surface area contributed by atoms with E-state index in [1.807, 2.05) is 20.8 Å². The fourth-order valence-electron chi connectivity index (χ4n) is 2.29. The van der Waals surface area contributed by atoms with E-state index in [0.717, 1.165) is 0 Å². The van der Waals surface area contributed by atoms with Crippen molar-refractivity contribution in [3.63, 3.8) is 0 Å². The molecule has 0 aliphatic heterocycles. The molecule has 14 heavy (non-hydrogen) atoms. The zero-order chi connectivity index (χ0) is 11.4. The van der Waals surface area contributed by atoms with E-state index < -0.39 is 11.6 Å². The van der Waals surface area contributed by atoms with Gasteiger partial charge >= 0.3 is 6.18 Å². The molecule has 0 N–H and O–H groups in total. The summed E-state index contributed by atoms with van der Waals surface area (Å²) >= 11 is 0. The van der Waals surface area contributed by atoms with Crippen LogP contribution in [0.5, 0.6) is 0 Å². The van der Waals surface area contributed by atoms with E-state index >= 15 is 0 Å². The summed E-state index contributed by atoms with van der Waals surface area (Å²) < 4.78 is 38.7. The van der Waals surface area contributed by atoms with Gasteiger partial charge in [-0.2, -0.15) is 13.2 Å². The summed E-state index contributed by atoms with van der Waals surface area (Å²) in [5.41, 5.74) is -1.49. The Balaban J connectivity index is 4.87. The third-order valence-corrected chi connectivity index (χ3v) is 3.30. The first-order valence-electron chi connectivity index (χ1n) is 5.40. The Labute approximate surface area is 84.9 Å². The number of rotatable bonds is 5. The minimum atomic E-state index is -4.07. The van der Waals surface area contributed by atoms with Crippen molar-refractivity contribution in [3.8, 4) is 0 Å². The van der Waals surface area contributed by atoms with E-state index in [9.17, 15) is 13.2 Å². The largest absolute Gasteiger partial charge is 0.394 e. The lowest BCUT2D eigenvalue weighted by atomic mass is 9.71. The maximum Gasteiger partial charge on any atom is 0.394 e. The van der Waals surface area contributed by atoms with Crippen molar-refractivity contribution in [2.24, 2.45) is 11.3 Å². The molecule has 1 atom stereocenters. The summed E-state index contributed by atoms with van der Waals surface area (Å²) in [6.07, 6.45) is -2.03. The van der Waals surface area contributed by atoms with Crippen LogP contribution in [0, 0.1) is 11.3 Å². The number of alkyl halides is 3. The molecule has 0 radical (unpaired) electrons. The summed E-state index contributed by atoms with van der Waals surface area (Å²) in [5, 5.41) is 0. The fourth-order valence-corrected chi connectivity index (χ4v) is 2.29. The van der Waals surface area contributed by atoms with Gasteiger partial charge in [-0.1, -0.05) is 47.0 Å². The average molecular weight is 210 g/mol. The predicted octanol–water partition coefficient (Wildman–Crippen LogP) is 4.79. The molecule has 0 rings (SSSR count). The Bertz CT molecular complexity index is 158. The van der Waals surface area contributed by atoms with Crippen molar-refractivity contribution in [1.82, 2.24) is 0 Å². The highest BCUT2D eigenvalue weighted by Gasteiger charge is 2.53. The second-order valence-electron chi connectivity index (χ2n) is 4.18. The lowest BCUT2D eigenvalue weighted by Gasteiger charge is -2.38. The average Bonchev–Trinajstić information content (AvgIpc) is 2.04. The Morgan fingerprint density at radius 1 is 1.00 bits per heavy atom. The van der Waals surface area contributed by atoms with Gasteiger partial charge in [0.1, 0.15) is 0 Å². The van der Waals surface area contributed by atoms with Gasteiger partial charge in [-0.3, -0.25) is 0 Å². The molecule has 0 aromatic carbocycles. The molecule has 0 saturated carbocycles. The quantitative estimate of drug-likeness (QED) is 0.612. The predicted molar refractivity (Wildman–Crippen MR) is 53.1 cm³/mol. The first kappa shape index (κ1) is 13.8. The maximum atomic E-state index is 12.9. The number of halogens is 3. The van der Waals surface area contributed by atoms with Crippen LogP contribution in [0.3, 0.4) is 0 Å². The van der Waals surface area contributed by atoms with Crippen LogP contribution in [0.15, 0.2) is 0 Å². The lowest BCUT2D eigenvalue weighted by Crippen LogP contribution is -2.41. The van der Waals surface area contributed by atoms with Gasteiger partial charge in [0.05, 0.1) is 5.41 Å². The topological polar surface area (TPSA) is 0 Å². The van der Waals surface area contributed by atoms with Gasteiger partial charge in [0.25, 0.3) is 0 Å². The van der Waals surface area contributed by atoms with Crippen molar-refractivity contribution in [3.05, 3.63) is 0 Å². The van der Waals surface area contributed by atoms with E-state index in [1.165, 1.54) is 6.92 Å². The molecule has 86 valence electrons. The minimum absolute atomic E-state index is 0.239. The summed E-state index contributed by atoms with van der Waals surface area (Å²) in [5.74, 6) is -0.248. The second-order valence-corrected chi connectivity index (χ2v) is 4.18. The van der Waals surface area contributed by atoms with Crippen molar-refractivity contribution < 1.29 is 13.2 Å². The Hall–Kier alpha value is -0.210. The summed E-state index contributed by atoms with van der Waals surface area (Å²) in [6, 6.07) is 0. The van der Waals surface area contributed by atoms with E-state index in [4.69, 9.17) is 0 Å². The molecule has 0 fully saturated rings. The fraction of sp³-hybridized carbons (Fsp3) is 1.00. The zero-order valence-electron chi connectivity index (χ0n) is 9.54. The van der Waals surface area contributed by atoms with Crippen molar-refractivity contribution in [2.75, 3.05) is 0 Å². The summed E-state index contributed by atoms with van der Waals surface area (Å²) in [6.45, 7) is 6.86. The summed E-state index contributed by atoms with van der Waals surface area (Å²) in [4.78, 5) is 0. The molecule has 1 unspecified atom stereocenters. The van der Waals surface area contributed by atoms with Crippen molar-refractivity contribution in [2.45, 2.75) is 59.6 Å². The first-order chi connectivity index (χ1) is 6.33. The van der Waals surface area contributed by atoms with Gasteiger partial charge in [-0.15, -0.1) is 0 Å². The van der Waals surface area contributed by atoms with Crippen LogP contribution >= 0.6 is 0 Å². The summed E-state index contributed by atoms with van der Waals surface area (Å²) in [7, 11) is 0. The number of hydrogen-bond donors (Lipinski definition) is 0. The molecular formula is C11H21F3. The Morgan fingerprint density at radius 3 is 1.64 bits per heavy atom.